The number of aliphatic carboxylic acids is 1. The van der Waals surface area contributed by atoms with E-state index in [0.29, 0.717) is 18.6 Å². The third kappa shape index (κ3) is 9.07. The molecule has 0 aliphatic carbocycles. The Balaban J connectivity index is 4.90. The highest BCUT2D eigenvalue weighted by molar-refractivity contribution is 7.98. The van der Waals surface area contributed by atoms with Crippen LogP contribution in [0.5, 0.6) is 0 Å². The average molecular weight is 366 g/mol. The second-order valence-corrected chi connectivity index (χ2v) is 7.01. The van der Waals surface area contributed by atoms with Gasteiger partial charge in [-0.2, -0.15) is 24.4 Å². The molecule has 0 saturated heterocycles. The SMILES string of the molecule is CSCC[C@H](NC(=O)[C@H](CC(C)C)NC(=O)[C@@H](N)CS)C(=O)O. The Morgan fingerprint density at radius 1 is 1.17 bits per heavy atom. The number of hydrogen-bond acceptors (Lipinski definition) is 6. The Labute approximate surface area is 146 Å². The van der Waals surface area contributed by atoms with Crippen LogP contribution in [0.2, 0.25) is 0 Å². The van der Waals surface area contributed by atoms with E-state index in [4.69, 9.17) is 5.73 Å². The molecule has 0 aromatic heterocycles. The molecule has 7 nitrogen and oxygen atoms in total. The van der Waals surface area contributed by atoms with Crippen LogP contribution in [0.4, 0.5) is 0 Å². The normalized spacial score (nSPS) is 14.9. The number of hydrogen-bond donors (Lipinski definition) is 5. The van der Waals surface area contributed by atoms with Gasteiger partial charge in [0.2, 0.25) is 11.8 Å². The smallest absolute Gasteiger partial charge is 0.326 e. The van der Waals surface area contributed by atoms with Gasteiger partial charge in [-0.15, -0.1) is 0 Å². The summed E-state index contributed by atoms with van der Waals surface area (Å²) in [5.74, 6) is -1.15. The van der Waals surface area contributed by atoms with E-state index in [0.717, 1.165) is 0 Å². The van der Waals surface area contributed by atoms with Crippen LogP contribution < -0.4 is 16.4 Å². The lowest BCUT2D eigenvalue weighted by Gasteiger charge is -2.23. The number of thioether (sulfide) groups is 1. The number of carbonyl (C=O) groups is 3. The van der Waals surface area contributed by atoms with Gasteiger partial charge in [0.1, 0.15) is 12.1 Å². The summed E-state index contributed by atoms with van der Waals surface area (Å²) in [6, 6.07) is -2.60. The monoisotopic (exact) mass is 365 g/mol. The molecule has 0 rings (SSSR count). The molecule has 23 heavy (non-hydrogen) atoms. The molecule has 0 heterocycles. The van der Waals surface area contributed by atoms with Crippen LogP contribution in [0.3, 0.4) is 0 Å². The first-order valence-electron chi connectivity index (χ1n) is 7.41. The van der Waals surface area contributed by atoms with E-state index < -0.39 is 35.9 Å². The molecule has 0 aliphatic heterocycles. The zero-order chi connectivity index (χ0) is 18.0. The van der Waals surface area contributed by atoms with Gasteiger partial charge in [0.15, 0.2) is 0 Å². The summed E-state index contributed by atoms with van der Waals surface area (Å²) in [5.41, 5.74) is 5.59. The fourth-order valence-electron chi connectivity index (χ4n) is 1.83. The van der Waals surface area contributed by atoms with Crippen LogP contribution >= 0.6 is 24.4 Å². The van der Waals surface area contributed by atoms with Gasteiger partial charge in [-0.25, -0.2) is 4.79 Å². The van der Waals surface area contributed by atoms with Crippen molar-refractivity contribution in [2.75, 3.05) is 17.8 Å². The first-order valence-corrected chi connectivity index (χ1v) is 9.44. The Hall–Kier alpha value is -0.930. The van der Waals surface area contributed by atoms with E-state index in [-0.39, 0.29) is 11.7 Å². The number of carboxylic acids is 1. The minimum absolute atomic E-state index is 0.146. The zero-order valence-corrected chi connectivity index (χ0v) is 15.5. The van der Waals surface area contributed by atoms with Gasteiger partial charge in [-0.1, -0.05) is 13.8 Å². The molecule has 0 radical (unpaired) electrons. The highest BCUT2D eigenvalue weighted by Crippen LogP contribution is 2.07. The first kappa shape index (κ1) is 22.1. The van der Waals surface area contributed by atoms with E-state index in [2.05, 4.69) is 23.3 Å². The third-order valence-electron chi connectivity index (χ3n) is 3.10. The lowest BCUT2D eigenvalue weighted by Crippen LogP contribution is -2.55. The second kappa shape index (κ2) is 11.6. The largest absolute Gasteiger partial charge is 0.480 e. The highest BCUT2D eigenvalue weighted by Gasteiger charge is 2.27. The Bertz CT molecular complexity index is 407. The number of amides is 2. The number of rotatable bonds is 11. The summed E-state index contributed by atoms with van der Waals surface area (Å²) in [6.45, 7) is 3.82. The molecule has 0 aromatic carbocycles. The van der Waals surface area contributed by atoms with Crippen LogP contribution in [0.25, 0.3) is 0 Å². The topological polar surface area (TPSA) is 122 Å². The van der Waals surface area contributed by atoms with Crippen molar-refractivity contribution in [3.05, 3.63) is 0 Å². The minimum Gasteiger partial charge on any atom is -0.480 e. The molecule has 0 bridgehead atoms. The number of nitrogens with two attached hydrogens (primary N) is 1. The summed E-state index contributed by atoms with van der Waals surface area (Å²) in [6.07, 6.45) is 2.58. The van der Waals surface area contributed by atoms with Crippen molar-refractivity contribution in [1.29, 1.82) is 0 Å². The van der Waals surface area contributed by atoms with Gasteiger partial charge in [-0.05, 0) is 30.8 Å². The van der Waals surface area contributed by atoms with E-state index in [1.54, 1.807) is 0 Å². The molecular weight excluding hydrogens is 338 g/mol. The van der Waals surface area contributed by atoms with E-state index in [9.17, 15) is 19.5 Å². The van der Waals surface area contributed by atoms with E-state index in [1.165, 1.54) is 11.8 Å². The van der Waals surface area contributed by atoms with Gasteiger partial charge in [0.25, 0.3) is 0 Å². The fraction of sp³-hybridized carbons (Fsp3) is 0.786. The standard InChI is InChI=1S/C14H27N3O4S2/c1-8(2)6-11(17-12(18)9(15)7-22)13(19)16-10(14(20)21)4-5-23-3/h8-11,22H,4-7,15H2,1-3H3,(H,16,19)(H,17,18)(H,20,21)/t9-,10-,11-/m0/s1. The average Bonchev–Trinajstić information content (AvgIpc) is 2.48. The molecule has 134 valence electrons. The number of nitrogens with one attached hydrogen (secondary N) is 2. The van der Waals surface area contributed by atoms with Crippen LogP contribution in [0.1, 0.15) is 26.7 Å². The Morgan fingerprint density at radius 2 is 1.74 bits per heavy atom. The molecule has 0 saturated carbocycles. The van der Waals surface area contributed by atoms with E-state index in [1.807, 2.05) is 20.1 Å². The summed E-state index contributed by atoms with van der Waals surface area (Å²) in [7, 11) is 0. The summed E-state index contributed by atoms with van der Waals surface area (Å²) >= 11 is 5.46. The van der Waals surface area contributed by atoms with Gasteiger partial charge in [0.05, 0.1) is 6.04 Å². The van der Waals surface area contributed by atoms with Crippen molar-refractivity contribution in [3.8, 4) is 0 Å². The highest BCUT2D eigenvalue weighted by atomic mass is 32.2. The van der Waals surface area contributed by atoms with Crippen LogP contribution in [0, 0.1) is 5.92 Å². The molecular formula is C14H27N3O4S2. The quantitative estimate of drug-likeness (QED) is 0.331. The van der Waals surface area contributed by atoms with Gasteiger partial charge < -0.3 is 21.5 Å². The molecule has 0 aliphatic rings. The van der Waals surface area contributed by atoms with Crippen LogP contribution in [-0.4, -0.2) is 58.8 Å². The summed E-state index contributed by atoms with van der Waals surface area (Å²) in [5, 5.41) is 14.2. The maximum atomic E-state index is 12.3. The lowest BCUT2D eigenvalue weighted by molar-refractivity contribution is -0.142. The van der Waals surface area contributed by atoms with Crippen LogP contribution in [0.15, 0.2) is 0 Å². The molecule has 9 heteroatoms. The van der Waals surface area contributed by atoms with Gasteiger partial charge in [-0.3, -0.25) is 9.59 Å². The maximum Gasteiger partial charge on any atom is 0.326 e. The summed E-state index contributed by atoms with van der Waals surface area (Å²) in [4.78, 5) is 35.4. The first-order chi connectivity index (χ1) is 10.7. The lowest BCUT2D eigenvalue weighted by atomic mass is 10.0. The molecule has 0 aromatic rings. The van der Waals surface area contributed by atoms with Crippen molar-refractivity contribution < 1.29 is 19.5 Å². The number of carboxylic acid groups (broad SMARTS) is 1. The molecule has 2 amide bonds. The number of thiol groups is 1. The van der Waals surface area contributed by atoms with Crippen molar-refractivity contribution >= 4 is 42.2 Å². The maximum absolute atomic E-state index is 12.3. The molecule has 0 unspecified atom stereocenters. The summed E-state index contributed by atoms with van der Waals surface area (Å²) < 4.78 is 0. The van der Waals surface area contributed by atoms with Crippen molar-refractivity contribution in [2.24, 2.45) is 11.7 Å². The fourth-order valence-corrected chi connectivity index (χ4v) is 2.47. The van der Waals surface area contributed by atoms with Crippen molar-refractivity contribution in [2.45, 2.75) is 44.8 Å². The van der Waals surface area contributed by atoms with E-state index >= 15 is 0 Å². The van der Waals surface area contributed by atoms with Gasteiger partial charge in [0, 0.05) is 5.75 Å². The molecule has 5 N–H and O–H groups in total. The third-order valence-corrected chi connectivity index (χ3v) is 4.14. The van der Waals surface area contributed by atoms with Crippen molar-refractivity contribution in [1.82, 2.24) is 10.6 Å². The Kier molecular flexibility index (Phi) is 11.1. The second-order valence-electron chi connectivity index (χ2n) is 5.66. The minimum atomic E-state index is -1.09. The van der Waals surface area contributed by atoms with Gasteiger partial charge >= 0.3 is 5.97 Å². The Morgan fingerprint density at radius 3 is 2.17 bits per heavy atom. The predicted octanol–water partition coefficient (Wildman–Crippen LogP) is 0.0969. The predicted molar refractivity (Wildman–Crippen MR) is 95.8 cm³/mol. The molecule has 0 spiro atoms. The molecule has 0 fully saturated rings. The zero-order valence-electron chi connectivity index (χ0n) is 13.7. The number of carbonyl (C=O) groups excluding carboxylic acids is 2. The van der Waals surface area contributed by atoms with Crippen molar-refractivity contribution in [3.63, 3.8) is 0 Å². The van der Waals surface area contributed by atoms with Crippen LogP contribution in [-0.2, 0) is 14.4 Å². The molecule has 3 atom stereocenters.